The van der Waals surface area contributed by atoms with Gasteiger partial charge in [0.2, 0.25) is 5.91 Å². The number of likely N-dealkylation sites (tertiary alicyclic amines) is 1. The highest BCUT2D eigenvalue weighted by Crippen LogP contribution is 2.27. The third-order valence-corrected chi connectivity index (χ3v) is 5.58. The highest BCUT2D eigenvalue weighted by atomic mass is 19.1. The lowest BCUT2D eigenvalue weighted by molar-refractivity contribution is -0.125. The predicted octanol–water partition coefficient (Wildman–Crippen LogP) is 2.86. The Morgan fingerprint density at radius 1 is 1.31 bits per heavy atom. The minimum atomic E-state index is -0.721. The molecule has 1 aromatic heterocycles. The van der Waals surface area contributed by atoms with E-state index in [4.69, 9.17) is 10.7 Å². The number of anilines is 1. The molecule has 3 rings (SSSR count). The molecule has 1 unspecified atom stereocenters. The number of hydrogen-bond acceptors (Lipinski definition) is 6. The number of nitrogens with one attached hydrogen (secondary N) is 2. The summed E-state index contributed by atoms with van der Waals surface area (Å²) in [5.41, 5.74) is 7.45. The van der Waals surface area contributed by atoms with Gasteiger partial charge in [-0.2, -0.15) is 0 Å². The van der Waals surface area contributed by atoms with Crippen LogP contribution in [0.25, 0.3) is 0 Å². The molecule has 0 radical (unpaired) electrons. The molecule has 10 heteroatoms. The fourth-order valence-corrected chi connectivity index (χ4v) is 3.77. The lowest BCUT2D eigenvalue weighted by Crippen LogP contribution is -2.27. The van der Waals surface area contributed by atoms with E-state index >= 15 is 0 Å². The largest absolute Gasteiger partial charge is 0.397 e. The number of nitrogens with zero attached hydrogens (tertiary/aromatic N) is 4. The zero-order valence-corrected chi connectivity index (χ0v) is 19.9. The topological polar surface area (TPSA) is 125 Å². The Morgan fingerprint density at radius 2 is 2.11 bits per heavy atom. The van der Waals surface area contributed by atoms with Crippen LogP contribution in [0.2, 0.25) is 0 Å². The van der Waals surface area contributed by atoms with Crippen molar-refractivity contribution in [3.8, 4) is 0 Å². The Kier molecular flexibility index (Phi) is 8.82. The number of halogens is 1. The molecule has 1 aliphatic rings. The zero-order valence-electron chi connectivity index (χ0n) is 19.9. The van der Waals surface area contributed by atoms with Crippen LogP contribution in [0, 0.1) is 11.7 Å². The Bertz CT molecular complexity index is 1240. The third kappa shape index (κ3) is 6.29. The van der Waals surface area contributed by atoms with Gasteiger partial charge in [0, 0.05) is 44.0 Å². The van der Waals surface area contributed by atoms with Gasteiger partial charge in [-0.1, -0.05) is 18.7 Å². The van der Waals surface area contributed by atoms with E-state index in [1.807, 2.05) is 0 Å². The number of benzene rings is 1. The molecule has 0 aliphatic carbocycles. The molecule has 9 nitrogen and oxygen atoms in total. The van der Waals surface area contributed by atoms with E-state index in [0.29, 0.717) is 48.1 Å². The van der Waals surface area contributed by atoms with Crippen molar-refractivity contribution in [1.82, 2.24) is 15.2 Å². The number of carbonyl (C=O) groups excluding carboxylic acids is 2. The first-order chi connectivity index (χ1) is 17.4. The first-order valence-corrected chi connectivity index (χ1v) is 11.2. The normalized spacial score (nSPS) is 16.4. The summed E-state index contributed by atoms with van der Waals surface area (Å²) in [6.45, 7) is 7.90. The van der Waals surface area contributed by atoms with Gasteiger partial charge in [0.15, 0.2) is 0 Å². The van der Waals surface area contributed by atoms with Crippen molar-refractivity contribution in [2.24, 2.45) is 21.6 Å². The maximum Gasteiger partial charge on any atom is 0.259 e. The summed E-state index contributed by atoms with van der Waals surface area (Å²) in [5, 5.41) is 5.53. The first kappa shape index (κ1) is 26.0. The van der Waals surface area contributed by atoms with Crippen molar-refractivity contribution < 1.29 is 14.0 Å². The molecule has 1 aliphatic heterocycles. The van der Waals surface area contributed by atoms with Crippen molar-refractivity contribution in [2.75, 3.05) is 25.5 Å². The quantitative estimate of drug-likeness (QED) is 0.228. The highest BCUT2D eigenvalue weighted by Gasteiger charge is 2.29. The molecule has 2 amide bonds. The van der Waals surface area contributed by atoms with Crippen molar-refractivity contribution in [3.63, 3.8) is 0 Å². The number of pyridine rings is 1. The third-order valence-electron chi connectivity index (χ3n) is 5.58. The summed E-state index contributed by atoms with van der Waals surface area (Å²) in [6.07, 6.45) is 6.46. The van der Waals surface area contributed by atoms with Gasteiger partial charge in [-0.15, -0.1) is 0 Å². The molecule has 1 aromatic carbocycles. The maximum absolute atomic E-state index is 15.0. The van der Waals surface area contributed by atoms with Crippen molar-refractivity contribution in [1.29, 1.82) is 0 Å². The molecule has 2 aromatic rings. The van der Waals surface area contributed by atoms with E-state index in [9.17, 15) is 14.0 Å². The fraction of sp³-hybridized carbons (Fsp3) is 0.192. The van der Waals surface area contributed by atoms with Gasteiger partial charge in [-0.3, -0.25) is 14.6 Å². The summed E-state index contributed by atoms with van der Waals surface area (Å²) in [6, 6.07) is 9.22. The number of carbonyl (C=O) groups is 2. The molecule has 0 spiro atoms. The molecule has 1 fully saturated rings. The number of hydrogen-bond donors (Lipinski definition) is 3. The summed E-state index contributed by atoms with van der Waals surface area (Å²) >= 11 is 0. The minimum Gasteiger partial charge on any atom is -0.397 e. The van der Waals surface area contributed by atoms with Crippen LogP contribution < -0.4 is 16.4 Å². The van der Waals surface area contributed by atoms with E-state index in [2.05, 4.69) is 33.9 Å². The maximum atomic E-state index is 15.0. The number of amidine groups is 1. The second-order valence-electron chi connectivity index (χ2n) is 7.89. The Hall–Kier alpha value is -4.60. The Balaban J connectivity index is 1.92. The van der Waals surface area contributed by atoms with Crippen LogP contribution >= 0.6 is 0 Å². The second-order valence-corrected chi connectivity index (χ2v) is 7.89. The molecule has 4 N–H and O–H groups in total. The lowest BCUT2D eigenvalue weighted by atomic mass is 10.0. The van der Waals surface area contributed by atoms with Gasteiger partial charge in [0.05, 0.1) is 17.0 Å². The van der Waals surface area contributed by atoms with Crippen LogP contribution in [0.5, 0.6) is 0 Å². The van der Waals surface area contributed by atoms with Gasteiger partial charge in [0.1, 0.15) is 17.5 Å². The number of nitrogens with two attached hydrogens (primary N) is 1. The number of amides is 2. The van der Waals surface area contributed by atoms with Crippen LogP contribution in [-0.2, 0) is 4.79 Å². The molecular weight excluding hydrogens is 461 g/mol. The van der Waals surface area contributed by atoms with E-state index in [1.165, 1.54) is 30.6 Å². The molecule has 1 atom stereocenters. The second kappa shape index (κ2) is 12.2. The van der Waals surface area contributed by atoms with Gasteiger partial charge in [0.25, 0.3) is 5.91 Å². The average Bonchev–Trinajstić information content (AvgIpc) is 3.38. The van der Waals surface area contributed by atoms with Crippen molar-refractivity contribution in [2.45, 2.75) is 6.42 Å². The Morgan fingerprint density at radius 3 is 2.75 bits per heavy atom. The number of rotatable bonds is 8. The summed E-state index contributed by atoms with van der Waals surface area (Å²) in [4.78, 5) is 38.7. The molecule has 186 valence electrons. The van der Waals surface area contributed by atoms with Crippen LogP contribution in [0.3, 0.4) is 0 Å². The molecular formula is C26H28FN7O2. The highest BCUT2D eigenvalue weighted by molar-refractivity contribution is 6.05. The van der Waals surface area contributed by atoms with Crippen molar-refractivity contribution >= 4 is 30.2 Å². The van der Waals surface area contributed by atoms with Gasteiger partial charge < -0.3 is 21.3 Å². The van der Waals surface area contributed by atoms with Gasteiger partial charge in [-0.25, -0.2) is 14.4 Å². The number of aromatic nitrogens is 1. The SMILES string of the molecule is C=CC(=O)N1CCC(C(/N=C(\NC)c2ccc(C(=O)Nc3ccccn3)c(F)c2)=C(N)\C=C/N=C)C1. The van der Waals surface area contributed by atoms with E-state index in [-0.39, 0.29) is 17.4 Å². The zero-order chi connectivity index (χ0) is 26.1. The van der Waals surface area contributed by atoms with Crippen LogP contribution in [0.1, 0.15) is 22.3 Å². The molecule has 36 heavy (non-hydrogen) atoms. The molecule has 1 saturated heterocycles. The summed E-state index contributed by atoms with van der Waals surface area (Å²) in [7, 11) is 1.65. The van der Waals surface area contributed by atoms with Gasteiger partial charge >= 0.3 is 0 Å². The van der Waals surface area contributed by atoms with Crippen LogP contribution in [0.4, 0.5) is 10.2 Å². The number of aliphatic imine (C=N–C) groups is 2. The predicted molar refractivity (Wildman–Crippen MR) is 139 cm³/mol. The van der Waals surface area contributed by atoms with Gasteiger partial charge in [-0.05, 0) is 49.6 Å². The summed E-state index contributed by atoms with van der Waals surface area (Å²) in [5.74, 6) is -1.00. The fourth-order valence-electron chi connectivity index (χ4n) is 3.77. The van der Waals surface area contributed by atoms with E-state index in [0.717, 1.165) is 0 Å². The smallest absolute Gasteiger partial charge is 0.259 e. The van der Waals surface area contributed by atoms with Crippen molar-refractivity contribution in [3.05, 3.63) is 95.9 Å². The molecule has 0 bridgehead atoms. The first-order valence-electron chi connectivity index (χ1n) is 11.2. The van der Waals surface area contributed by atoms with Crippen LogP contribution in [0.15, 0.2) is 88.9 Å². The standard InChI is InChI=1S/C26H28FN7O2/c1-4-23(35)34-14-11-18(16-34)24(21(28)10-13-29-2)33-25(30-3)17-8-9-19(20(27)15-17)26(36)32-22-7-5-6-12-31-22/h4-10,12-13,15,18H,1-2,11,14,16,28H2,3H3,(H,30,33)(H,31,32,36)/b13-10-,24-21-. The number of allylic oxidation sites excluding steroid dienone is 1. The average molecular weight is 490 g/mol. The monoisotopic (exact) mass is 489 g/mol. The molecule has 2 heterocycles. The minimum absolute atomic E-state index is 0.135. The van der Waals surface area contributed by atoms with E-state index in [1.54, 1.807) is 42.3 Å². The lowest BCUT2D eigenvalue weighted by Gasteiger charge is -2.17. The molecule has 0 saturated carbocycles. The summed E-state index contributed by atoms with van der Waals surface area (Å²) < 4.78 is 15.0. The van der Waals surface area contributed by atoms with Crippen LogP contribution in [-0.4, -0.2) is 54.4 Å². The Labute approximate surface area is 209 Å². The van der Waals surface area contributed by atoms with E-state index < -0.39 is 11.7 Å².